The van der Waals surface area contributed by atoms with Gasteiger partial charge in [-0.1, -0.05) is 151 Å². The summed E-state index contributed by atoms with van der Waals surface area (Å²) in [6, 6.07) is 32.3. The van der Waals surface area contributed by atoms with E-state index in [0.29, 0.717) is 22.3 Å². The molecular formula is C40H26. The van der Waals surface area contributed by atoms with Gasteiger partial charge in [0.15, 0.2) is 0 Å². The molecular weight excluding hydrogens is 480 g/mol. The lowest BCUT2D eigenvalue weighted by molar-refractivity contribution is 1.63. The minimum atomic E-state index is -0.414. The summed E-state index contributed by atoms with van der Waals surface area (Å²) in [7, 11) is 0. The molecule has 0 aliphatic carbocycles. The third kappa shape index (κ3) is 3.54. The zero-order chi connectivity index (χ0) is 33.4. The maximum atomic E-state index is 9.28. The van der Waals surface area contributed by atoms with E-state index in [4.69, 9.17) is 5.48 Å². The van der Waals surface area contributed by atoms with Crippen molar-refractivity contribution in [2.75, 3.05) is 0 Å². The SMILES string of the molecule is [2H]c1c([2H])c([2H])c2c(-c3cccc4ccccc34)c3c([2H])c([2H])c([2H])c([2H])c3c(-c3cccc(-c4cccc5ccccc45)c3)c2c1[2H]. The Balaban J connectivity index is 1.62. The van der Waals surface area contributed by atoms with Crippen molar-refractivity contribution in [2.45, 2.75) is 0 Å². The van der Waals surface area contributed by atoms with Crippen LogP contribution in [-0.4, -0.2) is 0 Å². The predicted molar refractivity (Wildman–Crippen MR) is 173 cm³/mol. The number of fused-ring (bicyclic) bond motifs is 4. The maximum Gasteiger partial charge on any atom is 0.0629 e. The molecule has 0 nitrogen and oxygen atoms in total. The quantitative estimate of drug-likeness (QED) is 0.206. The van der Waals surface area contributed by atoms with Crippen molar-refractivity contribution in [3.8, 4) is 33.4 Å². The van der Waals surface area contributed by atoms with Gasteiger partial charge < -0.3 is 0 Å². The molecule has 0 amide bonds. The molecule has 0 fully saturated rings. The lowest BCUT2D eigenvalue weighted by Crippen LogP contribution is -1.92. The fourth-order valence-corrected chi connectivity index (χ4v) is 5.95. The van der Waals surface area contributed by atoms with Crippen molar-refractivity contribution >= 4 is 43.1 Å². The molecule has 0 saturated heterocycles. The first kappa shape index (κ1) is 16.0. The first-order valence-corrected chi connectivity index (χ1v) is 13.2. The molecule has 186 valence electrons. The average molecular weight is 515 g/mol. The zero-order valence-corrected chi connectivity index (χ0v) is 21.4. The van der Waals surface area contributed by atoms with Crippen molar-refractivity contribution in [3.63, 3.8) is 0 Å². The monoisotopic (exact) mass is 514 g/mol. The lowest BCUT2D eigenvalue weighted by atomic mass is 9.84. The largest absolute Gasteiger partial charge is 0.0629 e. The highest BCUT2D eigenvalue weighted by atomic mass is 14.2. The normalized spacial score (nSPS) is 14.3. The van der Waals surface area contributed by atoms with Crippen LogP contribution in [0.15, 0.2) is 158 Å². The van der Waals surface area contributed by atoms with Gasteiger partial charge in [-0.05, 0) is 82.5 Å². The molecule has 8 aromatic rings. The Labute approximate surface area is 245 Å². The Kier molecular flexibility index (Phi) is 3.70. The van der Waals surface area contributed by atoms with Gasteiger partial charge in [0.25, 0.3) is 0 Å². The summed E-state index contributed by atoms with van der Waals surface area (Å²) in [6.07, 6.45) is 0. The Morgan fingerprint density at radius 2 is 0.800 bits per heavy atom. The second kappa shape index (κ2) is 9.22. The first-order chi connectivity index (χ1) is 23.2. The van der Waals surface area contributed by atoms with Gasteiger partial charge in [-0.3, -0.25) is 0 Å². The molecule has 0 aromatic heterocycles. The Morgan fingerprint density at radius 3 is 1.43 bits per heavy atom. The number of hydrogen-bond donors (Lipinski definition) is 0. The van der Waals surface area contributed by atoms with Crippen molar-refractivity contribution in [2.24, 2.45) is 0 Å². The Bertz CT molecular complexity index is 2570. The van der Waals surface area contributed by atoms with Crippen LogP contribution in [0.5, 0.6) is 0 Å². The molecule has 0 spiro atoms. The molecule has 0 bridgehead atoms. The van der Waals surface area contributed by atoms with E-state index in [2.05, 4.69) is 0 Å². The van der Waals surface area contributed by atoms with Gasteiger partial charge in [-0.2, -0.15) is 0 Å². The van der Waals surface area contributed by atoms with E-state index in [1.54, 1.807) is 0 Å². The van der Waals surface area contributed by atoms with E-state index in [1.165, 1.54) is 0 Å². The fourth-order valence-electron chi connectivity index (χ4n) is 5.95. The van der Waals surface area contributed by atoms with Crippen LogP contribution in [0, 0.1) is 0 Å². The molecule has 0 heteroatoms. The van der Waals surface area contributed by atoms with E-state index < -0.39 is 24.2 Å². The third-order valence-electron chi connectivity index (χ3n) is 7.69. The summed E-state index contributed by atoms with van der Waals surface area (Å²) in [4.78, 5) is 0. The minimum Gasteiger partial charge on any atom is -0.0616 e. The molecule has 0 aliphatic heterocycles. The second-order valence-corrected chi connectivity index (χ2v) is 9.88. The molecule has 0 heterocycles. The van der Waals surface area contributed by atoms with Gasteiger partial charge in [0, 0.05) is 0 Å². The fraction of sp³-hybridized carbons (Fsp3) is 0. The molecule has 40 heavy (non-hydrogen) atoms. The minimum absolute atomic E-state index is 0.205. The van der Waals surface area contributed by atoms with Crippen LogP contribution in [0.1, 0.15) is 11.0 Å². The topological polar surface area (TPSA) is 0 Å². The number of hydrogen-bond acceptors (Lipinski definition) is 0. The summed E-state index contributed by atoms with van der Waals surface area (Å²) in [6.45, 7) is 0. The van der Waals surface area contributed by atoms with Crippen LogP contribution >= 0.6 is 0 Å². The van der Waals surface area contributed by atoms with Crippen LogP contribution < -0.4 is 0 Å². The number of benzene rings is 8. The van der Waals surface area contributed by atoms with Crippen molar-refractivity contribution in [3.05, 3.63) is 158 Å². The summed E-state index contributed by atoms with van der Waals surface area (Å²) in [5.74, 6) is 0. The van der Waals surface area contributed by atoms with E-state index >= 15 is 0 Å². The second-order valence-electron chi connectivity index (χ2n) is 9.88. The molecule has 0 saturated carbocycles. The van der Waals surface area contributed by atoms with Gasteiger partial charge in [0.05, 0.1) is 11.0 Å². The van der Waals surface area contributed by atoms with E-state index in [-0.39, 0.29) is 45.7 Å². The molecule has 0 aliphatic rings. The van der Waals surface area contributed by atoms with E-state index in [9.17, 15) is 5.48 Å². The Hall–Kier alpha value is -5.20. The van der Waals surface area contributed by atoms with Crippen LogP contribution in [0.4, 0.5) is 0 Å². The average Bonchev–Trinajstić information content (AvgIpc) is 3.13. The van der Waals surface area contributed by atoms with Crippen molar-refractivity contribution in [1.82, 2.24) is 0 Å². The van der Waals surface area contributed by atoms with Crippen LogP contribution in [0.25, 0.3) is 76.5 Å². The predicted octanol–water partition coefficient (Wildman–Crippen LogP) is 11.3. The standard InChI is InChI=1S/C40H26/c1-3-18-31-27(12-1)14-10-24-33(31)29-16-9-17-30(26-29)39-35-20-5-7-22-37(35)40(38-23-8-6-21-36(38)39)34-25-11-15-28-13-2-4-19-32(28)34/h1-26H/i5D,6D,7D,8D,20D,21D,22D,23D. The summed E-state index contributed by atoms with van der Waals surface area (Å²) in [5.41, 5.74) is 3.73. The Morgan fingerprint density at radius 1 is 0.350 bits per heavy atom. The van der Waals surface area contributed by atoms with Crippen molar-refractivity contribution in [1.29, 1.82) is 0 Å². The number of rotatable bonds is 3. The molecule has 0 unspecified atom stereocenters. The van der Waals surface area contributed by atoms with Gasteiger partial charge >= 0.3 is 0 Å². The maximum absolute atomic E-state index is 9.28. The molecule has 8 aromatic carbocycles. The van der Waals surface area contributed by atoms with Gasteiger partial charge in [-0.25, -0.2) is 0 Å². The molecule has 0 radical (unpaired) electrons. The highest BCUT2D eigenvalue weighted by Crippen LogP contribution is 2.45. The smallest absolute Gasteiger partial charge is 0.0616 e. The van der Waals surface area contributed by atoms with Gasteiger partial charge in [-0.15, -0.1) is 0 Å². The van der Waals surface area contributed by atoms with E-state index in [1.807, 2.05) is 109 Å². The summed E-state index contributed by atoms with van der Waals surface area (Å²) >= 11 is 0. The van der Waals surface area contributed by atoms with Crippen LogP contribution in [-0.2, 0) is 0 Å². The summed E-state index contributed by atoms with van der Waals surface area (Å²) in [5, 5.41) is 4.63. The third-order valence-corrected chi connectivity index (χ3v) is 7.69. The molecule has 0 atom stereocenters. The lowest BCUT2D eigenvalue weighted by Gasteiger charge is -2.19. The van der Waals surface area contributed by atoms with E-state index in [0.717, 1.165) is 32.7 Å². The first-order valence-electron chi connectivity index (χ1n) is 17.2. The summed E-state index contributed by atoms with van der Waals surface area (Å²) < 4.78 is 72.0. The molecule has 0 N–H and O–H groups in total. The molecule has 8 rings (SSSR count). The zero-order valence-electron chi connectivity index (χ0n) is 29.4. The van der Waals surface area contributed by atoms with Gasteiger partial charge in [0.1, 0.15) is 0 Å². The van der Waals surface area contributed by atoms with Crippen LogP contribution in [0.3, 0.4) is 0 Å². The van der Waals surface area contributed by atoms with Gasteiger partial charge in [0.2, 0.25) is 0 Å². The highest BCUT2D eigenvalue weighted by molar-refractivity contribution is 6.23. The van der Waals surface area contributed by atoms with Crippen molar-refractivity contribution < 1.29 is 11.0 Å². The van der Waals surface area contributed by atoms with Crippen LogP contribution in [0.2, 0.25) is 0 Å². The highest BCUT2D eigenvalue weighted by Gasteiger charge is 2.18.